The molecule has 2 rings (SSSR count). The standard InChI is InChI=1S/C15H25N5.HI/c1-15(2,3)19-14(16)18-11-12-6-7-17-13(10-12)20-8-4-5-9-20;/h6-7,10H,4-5,8-9,11H2,1-3H3,(H3,16,18,19);1H. The molecule has 0 unspecified atom stereocenters. The molecule has 0 atom stereocenters. The molecule has 3 N–H and O–H groups in total. The van der Waals surface area contributed by atoms with Crippen molar-refractivity contribution in [2.24, 2.45) is 10.7 Å². The largest absolute Gasteiger partial charge is 0.370 e. The SMILES string of the molecule is CC(C)(C)NC(N)=NCc1ccnc(N2CCCC2)c1.I. The van der Waals surface area contributed by atoms with Gasteiger partial charge in [0.25, 0.3) is 0 Å². The number of halogens is 1. The molecule has 0 spiro atoms. The molecule has 21 heavy (non-hydrogen) atoms. The van der Waals surface area contributed by atoms with E-state index in [1.807, 2.05) is 12.3 Å². The van der Waals surface area contributed by atoms with Crippen molar-refractivity contribution in [3.05, 3.63) is 23.9 Å². The maximum Gasteiger partial charge on any atom is 0.189 e. The molecule has 1 saturated heterocycles. The predicted octanol–water partition coefficient (Wildman–Crippen LogP) is 2.50. The van der Waals surface area contributed by atoms with E-state index in [-0.39, 0.29) is 29.5 Å². The Morgan fingerprint density at radius 1 is 1.38 bits per heavy atom. The zero-order valence-corrected chi connectivity index (χ0v) is 15.4. The van der Waals surface area contributed by atoms with E-state index in [4.69, 9.17) is 5.73 Å². The van der Waals surface area contributed by atoms with Crippen LogP contribution in [-0.4, -0.2) is 29.6 Å². The van der Waals surface area contributed by atoms with Gasteiger partial charge in [-0.3, -0.25) is 0 Å². The summed E-state index contributed by atoms with van der Waals surface area (Å²) in [7, 11) is 0. The van der Waals surface area contributed by atoms with Crippen molar-refractivity contribution < 1.29 is 0 Å². The van der Waals surface area contributed by atoms with Crippen LogP contribution in [0.3, 0.4) is 0 Å². The number of rotatable bonds is 3. The monoisotopic (exact) mass is 403 g/mol. The molecule has 1 aliphatic heterocycles. The molecule has 2 heterocycles. The van der Waals surface area contributed by atoms with Crippen LogP contribution in [0.15, 0.2) is 23.3 Å². The molecule has 1 aromatic heterocycles. The van der Waals surface area contributed by atoms with Crippen LogP contribution >= 0.6 is 24.0 Å². The molecule has 118 valence electrons. The summed E-state index contributed by atoms with van der Waals surface area (Å²) in [6, 6.07) is 4.10. The Kier molecular flexibility index (Phi) is 6.70. The number of hydrogen-bond donors (Lipinski definition) is 2. The van der Waals surface area contributed by atoms with Gasteiger partial charge in [-0.2, -0.15) is 0 Å². The second-order valence-corrected chi connectivity index (χ2v) is 6.29. The number of nitrogens with one attached hydrogen (secondary N) is 1. The summed E-state index contributed by atoms with van der Waals surface area (Å²) in [6.07, 6.45) is 4.37. The van der Waals surface area contributed by atoms with E-state index in [1.54, 1.807) is 0 Å². The average molecular weight is 403 g/mol. The number of guanidine groups is 1. The highest BCUT2D eigenvalue weighted by Crippen LogP contribution is 2.18. The van der Waals surface area contributed by atoms with Gasteiger partial charge in [-0.05, 0) is 51.3 Å². The lowest BCUT2D eigenvalue weighted by atomic mass is 10.1. The van der Waals surface area contributed by atoms with Crippen molar-refractivity contribution in [2.45, 2.75) is 45.7 Å². The molecule has 0 radical (unpaired) electrons. The van der Waals surface area contributed by atoms with Crippen LogP contribution in [0.4, 0.5) is 5.82 Å². The highest BCUT2D eigenvalue weighted by atomic mass is 127. The van der Waals surface area contributed by atoms with Gasteiger partial charge in [0.05, 0.1) is 6.54 Å². The molecular weight excluding hydrogens is 377 g/mol. The summed E-state index contributed by atoms with van der Waals surface area (Å²) < 4.78 is 0. The number of aliphatic imine (C=N–C) groups is 1. The number of hydrogen-bond acceptors (Lipinski definition) is 3. The normalized spacial score (nSPS) is 15.8. The molecule has 0 aromatic carbocycles. The minimum atomic E-state index is -0.0630. The van der Waals surface area contributed by atoms with Crippen LogP contribution in [0.25, 0.3) is 0 Å². The maximum atomic E-state index is 5.88. The summed E-state index contributed by atoms with van der Waals surface area (Å²) in [4.78, 5) is 11.1. The van der Waals surface area contributed by atoms with Crippen LogP contribution in [0.5, 0.6) is 0 Å². The Morgan fingerprint density at radius 3 is 2.67 bits per heavy atom. The second kappa shape index (κ2) is 7.82. The third-order valence-electron chi connectivity index (χ3n) is 3.18. The van der Waals surface area contributed by atoms with Crippen LogP contribution in [-0.2, 0) is 6.54 Å². The Bertz CT molecular complexity index is 475. The fraction of sp³-hybridized carbons (Fsp3) is 0.600. The summed E-state index contributed by atoms with van der Waals surface area (Å²) in [5.74, 6) is 1.54. The molecule has 1 aliphatic rings. The highest BCUT2D eigenvalue weighted by molar-refractivity contribution is 14.0. The van der Waals surface area contributed by atoms with E-state index in [0.717, 1.165) is 24.5 Å². The fourth-order valence-corrected chi connectivity index (χ4v) is 2.28. The summed E-state index contributed by atoms with van der Waals surface area (Å²) in [6.45, 7) is 8.98. The molecule has 1 fully saturated rings. The number of nitrogens with two attached hydrogens (primary N) is 1. The highest BCUT2D eigenvalue weighted by Gasteiger charge is 2.13. The lowest BCUT2D eigenvalue weighted by Crippen LogP contribution is -2.44. The van der Waals surface area contributed by atoms with Crippen LogP contribution in [0, 0.1) is 0 Å². The third-order valence-corrected chi connectivity index (χ3v) is 3.18. The van der Waals surface area contributed by atoms with Crippen molar-refractivity contribution in [1.82, 2.24) is 10.3 Å². The van der Waals surface area contributed by atoms with Crippen molar-refractivity contribution in [1.29, 1.82) is 0 Å². The first kappa shape index (κ1) is 18.0. The van der Waals surface area contributed by atoms with Crippen LogP contribution < -0.4 is 16.0 Å². The summed E-state index contributed by atoms with van der Waals surface area (Å²) in [5, 5.41) is 3.16. The molecule has 6 heteroatoms. The summed E-state index contributed by atoms with van der Waals surface area (Å²) >= 11 is 0. The van der Waals surface area contributed by atoms with Gasteiger partial charge in [-0.1, -0.05) is 0 Å². The van der Waals surface area contributed by atoms with E-state index in [9.17, 15) is 0 Å². The minimum absolute atomic E-state index is 0. The van der Waals surface area contributed by atoms with Crippen molar-refractivity contribution >= 4 is 35.8 Å². The topological polar surface area (TPSA) is 66.5 Å². The number of aromatic nitrogens is 1. The average Bonchev–Trinajstić information content (AvgIpc) is 2.88. The Hall–Kier alpha value is -1.05. The lowest BCUT2D eigenvalue weighted by Gasteiger charge is -2.21. The number of nitrogens with zero attached hydrogens (tertiary/aromatic N) is 3. The molecule has 0 bridgehead atoms. The molecular formula is C15H26IN5. The maximum absolute atomic E-state index is 5.88. The van der Waals surface area contributed by atoms with E-state index < -0.39 is 0 Å². The minimum Gasteiger partial charge on any atom is -0.370 e. The van der Waals surface area contributed by atoms with Gasteiger partial charge < -0.3 is 16.0 Å². The third kappa shape index (κ3) is 6.07. The smallest absolute Gasteiger partial charge is 0.189 e. The number of pyridine rings is 1. The summed E-state index contributed by atoms with van der Waals surface area (Å²) in [5.41, 5.74) is 6.96. The second-order valence-electron chi connectivity index (χ2n) is 6.29. The zero-order chi connectivity index (χ0) is 14.6. The fourth-order valence-electron chi connectivity index (χ4n) is 2.28. The van der Waals surface area contributed by atoms with E-state index in [1.165, 1.54) is 12.8 Å². The molecule has 0 amide bonds. The van der Waals surface area contributed by atoms with Gasteiger partial charge in [0, 0.05) is 24.8 Å². The molecule has 0 saturated carbocycles. The lowest BCUT2D eigenvalue weighted by molar-refractivity contribution is 0.508. The van der Waals surface area contributed by atoms with Gasteiger partial charge >= 0.3 is 0 Å². The van der Waals surface area contributed by atoms with Crippen molar-refractivity contribution in [3.8, 4) is 0 Å². The Labute approximate surface area is 144 Å². The van der Waals surface area contributed by atoms with Crippen LogP contribution in [0.1, 0.15) is 39.2 Å². The van der Waals surface area contributed by atoms with Gasteiger partial charge in [0.15, 0.2) is 5.96 Å². The molecule has 5 nitrogen and oxygen atoms in total. The van der Waals surface area contributed by atoms with Crippen molar-refractivity contribution in [2.75, 3.05) is 18.0 Å². The van der Waals surface area contributed by atoms with Gasteiger partial charge in [-0.25, -0.2) is 9.98 Å². The van der Waals surface area contributed by atoms with E-state index in [0.29, 0.717) is 12.5 Å². The molecule has 0 aliphatic carbocycles. The first-order valence-corrected chi connectivity index (χ1v) is 7.22. The zero-order valence-electron chi connectivity index (χ0n) is 13.1. The van der Waals surface area contributed by atoms with Crippen molar-refractivity contribution in [3.63, 3.8) is 0 Å². The van der Waals surface area contributed by atoms with Gasteiger partial charge in [-0.15, -0.1) is 24.0 Å². The van der Waals surface area contributed by atoms with Gasteiger partial charge in [0.1, 0.15) is 5.82 Å². The quantitative estimate of drug-likeness (QED) is 0.463. The molecule has 1 aromatic rings. The van der Waals surface area contributed by atoms with Gasteiger partial charge in [0.2, 0.25) is 0 Å². The van der Waals surface area contributed by atoms with E-state index >= 15 is 0 Å². The first-order chi connectivity index (χ1) is 9.44. The first-order valence-electron chi connectivity index (χ1n) is 7.22. The Balaban J connectivity index is 0.00000220. The predicted molar refractivity (Wildman–Crippen MR) is 99.3 cm³/mol. The Morgan fingerprint density at radius 2 is 2.05 bits per heavy atom. The van der Waals surface area contributed by atoms with Crippen LogP contribution in [0.2, 0.25) is 0 Å². The van der Waals surface area contributed by atoms with E-state index in [2.05, 4.69) is 47.0 Å². The number of anilines is 1.